The molecule has 0 saturated heterocycles. The number of nitrogens with two attached hydrogens (primary N) is 1. The van der Waals surface area contributed by atoms with Gasteiger partial charge in [0.1, 0.15) is 11.8 Å². The number of methoxy groups -OCH3 is 1. The largest absolute Gasteiger partial charge is 0.497 e. The Morgan fingerprint density at radius 1 is 0.972 bits per heavy atom. The number of rotatable bonds is 11. The van der Waals surface area contributed by atoms with Gasteiger partial charge in [-0.1, -0.05) is 59.1 Å². The number of hydroxylamine groups is 1. The van der Waals surface area contributed by atoms with Gasteiger partial charge < -0.3 is 15.8 Å². The Bertz CT molecular complexity index is 1250. The van der Waals surface area contributed by atoms with Crippen molar-refractivity contribution in [2.24, 2.45) is 5.73 Å². The average molecular weight is 638 g/mol. The second-order valence-corrected chi connectivity index (χ2v) is 9.55. The summed E-state index contributed by atoms with van der Waals surface area (Å²) in [4.78, 5) is 23.8. The third-order valence-electron chi connectivity index (χ3n) is 5.36. The van der Waals surface area contributed by atoms with Crippen LogP contribution in [0.2, 0.25) is 0 Å². The molecule has 187 valence electrons. The number of ether oxygens (including phenoxy) is 1. The van der Waals surface area contributed by atoms with Gasteiger partial charge >= 0.3 is 0 Å². The Morgan fingerprint density at radius 2 is 1.53 bits per heavy atom. The first-order valence-corrected chi connectivity index (χ1v) is 12.2. The second-order valence-electron chi connectivity index (χ2n) is 7.75. The summed E-state index contributed by atoms with van der Waals surface area (Å²) in [7, 11) is -2.87. The van der Waals surface area contributed by atoms with Crippen molar-refractivity contribution in [2.45, 2.75) is 23.8 Å². The van der Waals surface area contributed by atoms with E-state index in [-0.39, 0.29) is 75.9 Å². The molecule has 2 amide bonds. The molecule has 4 N–H and O–H groups in total. The number of hydrogen-bond acceptors (Lipinski definition) is 6. The molecule has 0 bridgehead atoms. The zero-order valence-corrected chi connectivity index (χ0v) is 24.2. The number of carbonyl (C=O) groups is 2. The van der Waals surface area contributed by atoms with Crippen molar-refractivity contribution in [3.8, 4) is 16.9 Å². The van der Waals surface area contributed by atoms with Crippen LogP contribution in [0, 0.1) is 41.3 Å². The molecule has 3 aromatic rings. The molecular weight excluding hydrogens is 611 g/mol. The molecule has 11 heteroatoms. The van der Waals surface area contributed by atoms with Gasteiger partial charge in [0.15, 0.2) is 0 Å². The van der Waals surface area contributed by atoms with Crippen molar-refractivity contribution in [1.82, 2.24) is 9.79 Å². The van der Waals surface area contributed by atoms with Gasteiger partial charge in [0, 0.05) is 47.8 Å². The van der Waals surface area contributed by atoms with E-state index in [0.29, 0.717) is 5.75 Å². The molecule has 0 unspecified atom stereocenters. The van der Waals surface area contributed by atoms with Crippen molar-refractivity contribution < 1.29 is 69.2 Å². The number of amides is 2. The van der Waals surface area contributed by atoms with Crippen molar-refractivity contribution in [1.29, 1.82) is 0 Å². The Labute approximate surface area is 243 Å². The van der Waals surface area contributed by atoms with E-state index in [2.05, 4.69) is 5.32 Å². The smallest absolute Gasteiger partial charge is 0.265 e. The van der Waals surface area contributed by atoms with E-state index in [9.17, 15) is 23.2 Å². The average Bonchev–Trinajstić information content (AvgIpc) is 2.86. The molecule has 0 heterocycles. The molecule has 0 saturated carbocycles. The molecule has 0 aliphatic heterocycles. The minimum atomic E-state index is -4.44. The van der Waals surface area contributed by atoms with Crippen LogP contribution in [0.4, 0.5) is 0 Å². The number of sulfonamides is 1. The monoisotopic (exact) mass is 638 g/mol. The molecule has 1 radical (unpaired) electrons. The Kier molecular flexibility index (Phi) is 11.5. The van der Waals surface area contributed by atoms with Crippen molar-refractivity contribution in [3.05, 3.63) is 84.4 Å². The topological polar surface area (TPSA) is 139 Å². The summed E-state index contributed by atoms with van der Waals surface area (Å²) in [6.07, 6.45) is -0.0702. The van der Waals surface area contributed by atoms with E-state index in [1.807, 2.05) is 30.3 Å². The first-order valence-electron chi connectivity index (χ1n) is 10.8. The normalized spacial score (nSPS) is 11.9. The van der Waals surface area contributed by atoms with E-state index in [0.717, 1.165) is 16.7 Å². The molecule has 0 aromatic heterocycles. The number of nitrogens with zero attached hydrogens (tertiary/aromatic N) is 1. The molecule has 0 fully saturated rings. The standard InChI is InChI=1S/C25H27N3O6S.Pr/c1-34-21-11-7-19(8-12-21)20-9-13-22(14-10-20)35(32,33)28(31)23(25(26)30)15-16-27-24(29)17-18-5-3-2-4-6-18;/h2-14,23,31H,15-17H2,1H3,(H2,26,30)(H,27,29);/t23-;/m1./s1. The van der Waals surface area contributed by atoms with E-state index < -0.39 is 22.0 Å². The van der Waals surface area contributed by atoms with Crippen LogP contribution in [0.25, 0.3) is 11.1 Å². The molecule has 36 heavy (non-hydrogen) atoms. The van der Waals surface area contributed by atoms with Crippen LogP contribution in [0.1, 0.15) is 12.0 Å². The van der Waals surface area contributed by atoms with Gasteiger partial charge in [-0.3, -0.25) is 14.8 Å². The fourth-order valence-electron chi connectivity index (χ4n) is 3.43. The minimum absolute atomic E-state index is 0. The Hall–Kier alpha value is -2.37. The van der Waals surface area contributed by atoms with Crippen LogP contribution in [-0.2, 0) is 26.0 Å². The fourth-order valence-corrected chi connectivity index (χ4v) is 4.67. The zero-order chi connectivity index (χ0) is 25.4. The molecule has 0 spiro atoms. The van der Waals surface area contributed by atoms with E-state index in [4.69, 9.17) is 10.5 Å². The molecular formula is C25H27N3O6PrS. The first kappa shape index (κ1) is 29.9. The predicted octanol–water partition coefficient (Wildman–Crippen LogP) is 2.34. The second kappa shape index (κ2) is 13.8. The number of nitrogens with one attached hydrogen (secondary N) is 1. The number of carbonyl (C=O) groups excluding carboxylic acids is 2. The van der Waals surface area contributed by atoms with Gasteiger partial charge in [-0.25, -0.2) is 8.42 Å². The van der Waals surface area contributed by atoms with Crippen LogP contribution in [-0.4, -0.2) is 49.6 Å². The molecule has 3 rings (SSSR count). The molecule has 3 aromatic carbocycles. The van der Waals surface area contributed by atoms with Crippen LogP contribution in [0.5, 0.6) is 5.75 Å². The quantitative estimate of drug-likeness (QED) is 0.276. The van der Waals surface area contributed by atoms with Gasteiger partial charge in [-0.2, -0.15) is 0 Å². The van der Waals surface area contributed by atoms with E-state index in [1.165, 1.54) is 12.1 Å². The summed E-state index contributed by atoms with van der Waals surface area (Å²) in [5.74, 6) is -0.651. The van der Waals surface area contributed by atoms with Crippen LogP contribution in [0.15, 0.2) is 83.8 Å². The van der Waals surface area contributed by atoms with Gasteiger partial charge in [0.25, 0.3) is 10.0 Å². The third-order valence-corrected chi connectivity index (χ3v) is 6.98. The summed E-state index contributed by atoms with van der Waals surface area (Å²) >= 11 is 0. The summed E-state index contributed by atoms with van der Waals surface area (Å²) < 4.78 is 30.9. The SMILES string of the molecule is COc1ccc(-c2ccc(S(=O)(=O)N(O)[C@H](CCNC(=O)Cc3ccccc3)C(N)=O)cc2)cc1.[Pr]. The van der Waals surface area contributed by atoms with Gasteiger partial charge in [-0.15, -0.1) is 0 Å². The van der Waals surface area contributed by atoms with Gasteiger partial charge in [0.2, 0.25) is 11.8 Å². The summed E-state index contributed by atoms with van der Waals surface area (Å²) in [5.41, 5.74) is 7.75. The number of primary amides is 1. The summed E-state index contributed by atoms with van der Waals surface area (Å²) in [6.45, 7) is -0.0533. The molecule has 9 nitrogen and oxygen atoms in total. The maximum Gasteiger partial charge on any atom is 0.265 e. The molecule has 0 aliphatic carbocycles. The Morgan fingerprint density at radius 3 is 2.06 bits per heavy atom. The van der Waals surface area contributed by atoms with Crippen LogP contribution in [0.3, 0.4) is 0 Å². The van der Waals surface area contributed by atoms with Crippen LogP contribution >= 0.6 is 0 Å². The van der Waals surface area contributed by atoms with E-state index in [1.54, 1.807) is 43.5 Å². The van der Waals surface area contributed by atoms with Crippen molar-refractivity contribution >= 4 is 21.8 Å². The van der Waals surface area contributed by atoms with Crippen molar-refractivity contribution in [3.63, 3.8) is 0 Å². The van der Waals surface area contributed by atoms with Gasteiger partial charge in [-0.05, 0) is 47.4 Å². The fraction of sp³-hybridized carbons (Fsp3) is 0.200. The maximum absolute atomic E-state index is 12.9. The predicted molar refractivity (Wildman–Crippen MR) is 130 cm³/mol. The summed E-state index contributed by atoms with van der Waals surface area (Å²) in [6, 6.07) is 20.6. The van der Waals surface area contributed by atoms with Crippen molar-refractivity contribution in [2.75, 3.05) is 13.7 Å². The number of benzene rings is 3. The zero-order valence-electron chi connectivity index (χ0n) is 19.7. The van der Waals surface area contributed by atoms with Gasteiger partial charge in [0.05, 0.1) is 18.4 Å². The maximum atomic E-state index is 12.9. The minimum Gasteiger partial charge on any atom is -0.497 e. The first-order chi connectivity index (χ1) is 16.7. The van der Waals surface area contributed by atoms with E-state index >= 15 is 0 Å². The Balaban J connectivity index is 0.00000456. The number of hydrogen-bond donors (Lipinski definition) is 3. The van der Waals surface area contributed by atoms with Crippen LogP contribution < -0.4 is 15.8 Å². The summed E-state index contributed by atoms with van der Waals surface area (Å²) in [5, 5.41) is 13.0. The molecule has 0 aliphatic rings. The molecule has 1 atom stereocenters. The third kappa shape index (κ3) is 7.81.